The Kier molecular flexibility index (Phi) is 6.49. The summed E-state index contributed by atoms with van der Waals surface area (Å²) in [6.45, 7) is 3.59. The fourth-order valence-electron chi connectivity index (χ4n) is 2.75. The monoisotopic (exact) mass is 435 g/mol. The summed E-state index contributed by atoms with van der Waals surface area (Å²) in [6, 6.07) is 9.45. The summed E-state index contributed by atoms with van der Waals surface area (Å²) in [4.78, 5) is 26.3. The number of nitrogens with zero attached hydrogens (tertiary/aromatic N) is 1. The van der Waals surface area contributed by atoms with Gasteiger partial charge in [-0.2, -0.15) is 0 Å². The number of methoxy groups -OCH3 is 1. The average Bonchev–Trinajstić information content (AvgIpc) is 2.92. The van der Waals surface area contributed by atoms with Crippen LogP contribution in [0, 0.1) is 5.82 Å². The predicted octanol–water partition coefficient (Wildman–Crippen LogP) is 5.51. The third kappa shape index (κ3) is 4.74. The Labute approximate surface area is 177 Å². The molecular weight excluding hydrogens is 417 g/mol. The lowest BCUT2D eigenvalue weighted by atomic mass is 10.1. The van der Waals surface area contributed by atoms with Gasteiger partial charge in [0, 0.05) is 10.6 Å². The number of imide groups is 1. The first-order chi connectivity index (χ1) is 13.8. The summed E-state index contributed by atoms with van der Waals surface area (Å²) >= 11 is 6.81. The summed E-state index contributed by atoms with van der Waals surface area (Å²) in [5.41, 5.74) is 0.780. The Morgan fingerprint density at radius 3 is 2.62 bits per heavy atom. The summed E-state index contributed by atoms with van der Waals surface area (Å²) in [5.74, 6) is 0.0403. The first-order valence-electron chi connectivity index (χ1n) is 8.83. The van der Waals surface area contributed by atoms with Gasteiger partial charge in [-0.15, -0.1) is 0 Å². The molecule has 0 atom stereocenters. The molecule has 152 valence electrons. The first kappa shape index (κ1) is 21.2. The number of benzene rings is 2. The molecule has 5 nitrogen and oxygen atoms in total. The third-order valence-electron chi connectivity index (χ3n) is 4.10. The van der Waals surface area contributed by atoms with E-state index in [4.69, 9.17) is 21.1 Å². The Bertz CT molecular complexity index is 972. The third-order valence-corrected chi connectivity index (χ3v) is 5.36. The molecule has 0 N–H and O–H groups in total. The minimum Gasteiger partial charge on any atom is -0.493 e. The molecule has 3 rings (SSSR count). The number of halogens is 2. The zero-order valence-electron chi connectivity index (χ0n) is 16.1. The standard InChI is InChI=1S/C21H19ClFNO4S/c1-12(2)28-17-8-7-13(9-18(17)27-3)10-19-20(25)24(21(26)29-19)11-14-15(22)5-4-6-16(14)23/h4-10,12H,11H2,1-3H3/b19-10-. The molecule has 1 aliphatic heterocycles. The molecule has 0 bridgehead atoms. The number of carbonyl (C=O) groups is 2. The van der Waals surface area contributed by atoms with Crippen molar-refractivity contribution in [1.29, 1.82) is 0 Å². The van der Waals surface area contributed by atoms with E-state index in [0.717, 1.165) is 16.7 Å². The van der Waals surface area contributed by atoms with Crippen LogP contribution >= 0.6 is 23.4 Å². The van der Waals surface area contributed by atoms with Crippen molar-refractivity contribution in [2.75, 3.05) is 7.11 Å². The lowest BCUT2D eigenvalue weighted by molar-refractivity contribution is -0.123. The predicted molar refractivity (Wildman–Crippen MR) is 112 cm³/mol. The van der Waals surface area contributed by atoms with Crippen LogP contribution in [0.4, 0.5) is 9.18 Å². The molecule has 29 heavy (non-hydrogen) atoms. The van der Waals surface area contributed by atoms with Gasteiger partial charge in [0.1, 0.15) is 5.82 Å². The number of hydrogen-bond acceptors (Lipinski definition) is 5. The van der Waals surface area contributed by atoms with Crippen molar-refractivity contribution in [1.82, 2.24) is 4.90 Å². The zero-order chi connectivity index (χ0) is 21.1. The van der Waals surface area contributed by atoms with Gasteiger partial charge in [0.25, 0.3) is 11.1 Å². The van der Waals surface area contributed by atoms with Gasteiger partial charge in [0.2, 0.25) is 0 Å². The summed E-state index contributed by atoms with van der Waals surface area (Å²) in [6.07, 6.45) is 1.58. The van der Waals surface area contributed by atoms with E-state index in [2.05, 4.69) is 0 Å². The van der Waals surface area contributed by atoms with E-state index in [1.54, 1.807) is 24.3 Å². The van der Waals surface area contributed by atoms with Crippen molar-refractivity contribution < 1.29 is 23.5 Å². The highest BCUT2D eigenvalue weighted by Gasteiger charge is 2.36. The molecule has 0 unspecified atom stereocenters. The van der Waals surface area contributed by atoms with Crippen molar-refractivity contribution in [2.24, 2.45) is 0 Å². The highest BCUT2D eigenvalue weighted by Crippen LogP contribution is 2.36. The molecule has 1 heterocycles. The van der Waals surface area contributed by atoms with Crippen LogP contribution < -0.4 is 9.47 Å². The maximum Gasteiger partial charge on any atom is 0.293 e. The van der Waals surface area contributed by atoms with Gasteiger partial charge in [-0.25, -0.2) is 4.39 Å². The summed E-state index contributed by atoms with van der Waals surface area (Å²) < 4.78 is 25.1. The molecule has 0 radical (unpaired) electrons. The highest BCUT2D eigenvalue weighted by molar-refractivity contribution is 8.18. The van der Waals surface area contributed by atoms with Crippen molar-refractivity contribution in [3.63, 3.8) is 0 Å². The zero-order valence-corrected chi connectivity index (χ0v) is 17.6. The Balaban J connectivity index is 1.84. The van der Waals surface area contributed by atoms with Gasteiger partial charge in [-0.1, -0.05) is 23.7 Å². The van der Waals surface area contributed by atoms with Crippen LogP contribution in [0.3, 0.4) is 0 Å². The summed E-state index contributed by atoms with van der Waals surface area (Å²) in [7, 11) is 1.53. The molecule has 2 amide bonds. The molecule has 1 aliphatic rings. The minimum atomic E-state index is -0.564. The molecule has 0 saturated carbocycles. The van der Waals surface area contributed by atoms with Crippen LogP contribution in [-0.2, 0) is 11.3 Å². The highest BCUT2D eigenvalue weighted by atomic mass is 35.5. The van der Waals surface area contributed by atoms with Crippen molar-refractivity contribution in [3.8, 4) is 11.5 Å². The van der Waals surface area contributed by atoms with E-state index in [-0.39, 0.29) is 28.1 Å². The largest absolute Gasteiger partial charge is 0.493 e. The second-order valence-corrected chi connectivity index (χ2v) is 7.95. The normalized spacial score (nSPS) is 15.5. The fraction of sp³-hybridized carbons (Fsp3) is 0.238. The molecule has 1 saturated heterocycles. The number of thioether (sulfide) groups is 1. The molecule has 0 aromatic heterocycles. The van der Waals surface area contributed by atoms with Crippen LogP contribution in [0.15, 0.2) is 41.3 Å². The number of carbonyl (C=O) groups excluding carboxylic acids is 2. The van der Waals surface area contributed by atoms with Gasteiger partial charge < -0.3 is 9.47 Å². The van der Waals surface area contributed by atoms with Gasteiger partial charge in [0.05, 0.1) is 24.7 Å². The first-order valence-corrected chi connectivity index (χ1v) is 10.0. The quantitative estimate of drug-likeness (QED) is 0.560. The number of amides is 2. The number of ether oxygens (including phenoxy) is 2. The van der Waals surface area contributed by atoms with Gasteiger partial charge in [-0.3, -0.25) is 14.5 Å². The molecule has 2 aromatic rings. The fourth-order valence-corrected chi connectivity index (χ4v) is 3.82. The lowest BCUT2D eigenvalue weighted by Crippen LogP contribution is -2.28. The van der Waals surface area contributed by atoms with Crippen LogP contribution in [0.1, 0.15) is 25.0 Å². The topological polar surface area (TPSA) is 55.8 Å². The molecule has 2 aromatic carbocycles. The lowest BCUT2D eigenvalue weighted by Gasteiger charge is -2.14. The molecule has 0 spiro atoms. The van der Waals surface area contributed by atoms with Crippen molar-refractivity contribution in [3.05, 3.63) is 63.3 Å². The molecule has 0 aliphatic carbocycles. The van der Waals surface area contributed by atoms with E-state index in [9.17, 15) is 14.0 Å². The summed E-state index contributed by atoms with van der Waals surface area (Å²) in [5, 5.41) is -0.314. The maximum absolute atomic E-state index is 14.0. The Morgan fingerprint density at radius 1 is 1.21 bits per heavy atom. The van der Waals surface area contributed by atoms with Gasteiger partial charge in [0.15, 0.2) is 11.5 Å². The minimum absolute atomic E-state index is 0.0172. The van der Waals surface area contributed by atoms with Crippen LogP contribution in [0.5, 0.6) is 11.5 Å². The second-order valence-electron chi connectivity index (χ2n) is 6.54. The van der Waals surface area contributed by atoms with E-state index in [1.807, 2.05) is 13.8 Å². The van der Waals surface area contributed by atoms with Crippen molar-refractivity contribution >= 4 is 40.6 Å². The van der Waals surface area contributed by atoms with E-state index in [1.165, 1.54) is 25.3 Å². The van der Waals surface area contributed by atoms with Crippen molar-refractivity contribution in [2.45, 2.75) is 26.5 Å². The number of hydrogen-bond donors (Lipinski definition) is 0. The van der Waals surface area contributed by atoms with E-state index < -0.39 is 17.0 Å². The van der Waals surface area contributed by atoms with E-state index in [0.29, 0.717) is 17.1 Å². The van der Waals surface area contributed by atoms with E-state index >= 15 is 0 Å². The van der Waals surface area contributed by atoms with Gasteiger partial charge in [-0.05, 0) is 61.5 Å². The smallest absolute Gasteiger partial charge is 0.293 e. The molecule has 1 fully saturated rings. The molecule has 8 heteroatoms. The van der Waals surface area contributed by atoms with Gasteiger partial charge >= 0.3 is 0 Å². The number of rotatable bonds is 6. The van der Waals surface area contributed by atoms with Crippen LogP contribution in [0.25, 0.3) is 6.08 Å². The van der Waals surface area contributed by atoms with Crippen LogP contribution in [-0.4, -0.2) is 29.3 Å². The Hall–Kier alpha value is -2.51. The second kappa shape index (κ2) is 8.88. The average molecular weight is 436 g/mol. The maximum atomic E-state index is 14.0. The Morgan fingerprint density at radius 2 is 1.97 bits per heavy atom. The SMILES string of the molecule is COc1cc(/C=C2\SC(=O)N(Cc3c(F)cccc3Cl)C2=O)ccc1OC(C)C. The van der Waals surface area contributed by atoms with Crippen LogP contribution in [0.2, 0.25) is 5.02 Å². The molecular formula is C21H19ClFNO4S.